The summed E-state index contributed by atoms with van der Waals surface area (Å²) < 4.78 is 14.0. The summed E-state index contributed by atoms with van der Waals surface area (Å²) >= 11 is 0. The highest BCUT2D eigenvalue weighted by atomic mass is 19.1. The Bertz CT molecular complexity index is 358. The van der Waals surface area contributed by atoms with Crippen LogP contribution in [0.5, 0.6) is 0 Å². The maximum absolute atomic E-state index is 14.0. The minimum atomic E-state index is -0.675. The first-order valence-corrected chi connectivity index (χ1v) is 6.95. The van der Waals surface area contributed by atoms with Crippen molar-refractivity contribution in [3.8, 4) is 0 Å². The minimum Gasteiger partial charge on any atom is -0.388 e. The molecule has 0 aliphatic heterocycles. The predicted octanol–water partition coefficient (Wildman–Crippen LogP) is 4.69. The summed E-state index contributed by atoms with van der Waals surface area (Å²) in [7, 11) is 0. The molecule has 0 aliphatic carbocycles. The van der Waals surface area contributed by atoms with Crippen LogP contribution in [0, 0.1) is 25.6 Å². The molecule has 0 heterocycles. The van der Waals surface area contributed by atoms with E-state index in [-0.39, 0.29) is 11.7 Å². The highest BCUT2D eigenvalue weighted by Crippen LogP contribution is 2.33. The van der Waals surface area contributed by atoms with Gasteiger partial charge in [0, 0.05) is 5.56 Å². The molecule has 0 bridgehead atoms. The molecule has 0 aromatic heterocycles. The van der Waals surface area contributed by atoms with E-state index in [1.165, 1.54) is 6.07 Å². The Morgan fingerprint density at radius 1 is 1.11 bits per heavy atom. The van der Waals surface area contributed by atoms with Gasteiger partial charge in [-0.05, 0) is 49.8 Å². The molecule has 1 aromatic carbocycles. The molecule has 0 radical (unpaired) electrons. The second kappa shape index (κ2) is 6.89. The first-order chi connectivity index (χ1) is 8.51. The molecule has 1 unspecified atom stereocenters. The Morgan fingerprint density at radius 3 is 2.11 bits per heavy atom. The van der Waals surface area contributed by atoms with Crippen molar-refractivity contribution >= 4 is 0 Å². The summed E-state index contributed by atoms with van der Waals surface area (Å²) in [5.74, 6) is -0.104. The smallest absolute Gasteiger partial charge is 0.129 e. The second-order valence-electron chi connectivity index (χ2n) is 5.26. The number of aliphatic hydroxyl groups is 1. The molecule has 102 valence electrons. The molecule has 0 spiro atoms. The number of hydrogen-bond acceptors (Lipinski definition) is 1. The van der Waals surface area contributed by atoms with E-state index < -0.39 is 6.10 Å². The summed E-state index contributed by atoms with van der Waals surface area (Å²) in [5, 5.41) is 10.5. The first kappa shape index (κ1) is 15.2. The Labute approximate surface area is 110 Å². The number of aliphatic hydroxyl groups excluding tert-OH is 1. The molecular weight excluding hydrogens is 227 g/mol. The zero-order valence-electron chi connectivity index (χ0n) is 12.0. The zero-order valence-corrected chi connectivity index (χ0v) is 12.0. The van der Waals surface area contributed by atoms with Gasteiger partial charge in [-0.25, -0.2) is 4.39 Å². The van der Waals surface area contributed by atoms with Crippen LogP contribution >= 0.6 is 0 Å². The molecule has 1 rings (SSSR count). The molecule has 1 nitrogen and oxygen atoms in total. The third-order valence-corrected chi connectivity index (χ3v) is 3.54. The summed E-state index contributed by atoms with van der Waals surface area (Å²) in [6.45, 7) is 7.97. The minimum absolute atomic E-state index is 0.163. The average molecular weight is 252 g/mol. The fraction of sp³-hybridized carbons (Fsp3) is 0.625. The van der Waals surface area contributed by atoms with Crippen LogP contribution < -0.4 is 0 Å². The lowest BCUT2D eigenvalue weighted by Gasteiger charge is -2.24. The van der Waals surface area contributed by atoms with Crippen molar-refractivity contribution in [2.75, 3.05) is 0 Å². The number of rotatable bonds is 6. The van der Waals surface area contributed by atoms with Gasteiger partial charge in [0.15, 0.2) is 0 Å². The SMILES string of the molecule is CCCC(CCC)C(O)c1c(C)cc(C)cc1F. The Morgan fingerprint density at radius 2 is 1.67 bits per heavy atom. The van der Waals surface area contributed by atoms with E-state index >= 15 is 0 Å². The fourth-order valence-corrected chi connectivity index (χ4v) is 2.74. The molecule has 18 heavy (non-hydrogen) atoms. The third kappa shape index (κ3) is 3.55. The molecule has 1 N–H and O–H groups in total. The van der Waals surface area contributed by atoms with E-state index in [0.29, 0.717) is 5.56 Å². The lowest BCUT2D eigenvalue weighted by atomic mass is 9.86. The van der Waals surface area contributed by atoms with Gasteiger partial charge in [0.1, 0.15) is 5.82 Å². The number of hydrogen-bond donors (Lipinski definition) is 1. The molecule has 0 saturated carbocycles. The van der Waals surface area contributed by atoms with E-state index in [0.717, 1.165) is 36.8 Å². The van der Waals surface area contributed by atoms with E-state index in [4.69, 9.17) is 0 Å². The highest BCUT2D eigenvalue weighted by Gasteiger charge is 2.24. The molecular formula is C16H25FO. The Balaban J connectivity index is 3.03. The van der Waals surface area contributed by atoms with Crippen LogP contribution in [0.15, 0.2) is 12.1 Å². The molecule has 2 heteroatoms. The van der Waals surface area contributed by atoms with Gasteiger partial charge in [-0.2, -0.15) is 0 Å². The molecule has 0 amide bonds. The van der Waals surface area contributed by atoms with Gasteiger partial charge in [0.25, 0.3) is 0 Å². The monoisotopic (exact) mass is 252 g/mol. The molecule has 0 saturated heterocycles. The van der Waals surface area contributed by atoms with E-state index in [2.05, 4.69) is 13.8 Å². The summed E-state index contributed by atoms with van der Waals surface area (Å²) in [6, 6.07) is 3.46. The average Bonchev–Trinajstić information content (AvgIpc) is 2.27. The first-order valence-electron chi connectivity index (χ1n) is 6.95. The fourth-order valence-electron chi connectivity index (χ4n) is 2.74. The lowest BCUT2D eigenvalue weighted by molar-refractivity contribution is 0.0923. The lowest BCUT2D eigenvalue weighted by Crippen LogP contribution is -2.15. The quantitative estimate of drug-likeness (QED) is 0.778. The number of benzene rings is 1. The molecule has 0 aliphatic rings. The van der Waals surface area contributed by atoms with Crippen molar-refractivity contribution in [2.45, 2.75) is 59.5 Å². The molecule has 0 fully saturated rings. The van der Waals surface area contributed by atoms with Crippen LogP contribution in [0.2, 0.25) is 0 Å². The van der Waals surface area contributed by atoms with E-state index in [1.807, 2.05) is 19.9 Å². The van der Waals surface area contributed by atoms with Crippen molar-refractivity contribution in [1.29, 1.82) is 0 Å². The van der Waals surface area contributed by atoms with Gasteiger partial charge in [-0.3, -0.25) is 0 Å². The Hall–Kier alpha value is -0.890. The normalized spacial score (nSPS) is 13.1. The van der Waals surface area contributed by atoms with Crippen LogP contribution in [-0.2, 0) is 0 Å². The summed E-state index contributed by atoms with van der Waals surface area (Å²) in [6.07, 6.45) is 3.26. The highest BCUT2D eigenvalue weighted by molar-refractivity contribution is 5.33. The summed E-state index contributed by atoms with van der Waals surface area (Å²) in [5.41, 5.74) is 2.26. The van der Waals surface area contributed by atoms with Crippen LogP contribution in [0.3, 0.4) is 0 Å². The van der Waals surface area contributed by atoms with Gasteiger partial charge in [-0.15, -0.1) is 0 Å². The maximum Gasteiger partial charge on any atom is 0.129 e. The van der Waals surface area contributed by atoms with Gasteiger partial charge in [-0.1, -0.05) is 32.8 Å². The standard InChI is InChI=1S/C16H25FO/c1-5-7-13(8-6-2)16(18)15-12(4)9-11(3)10-14(15)17/h9-10,13,16,18H,5-8H2,1-4H3. The molecule has 1 aromatic rings. The van der Waals surface area contributed by atoms with Gasteiger partial charge in [0.2, 0.25) is 0 Å². The van der Waals surface area contributed by atoms with Crippen molar-refractivity contribution in [3.05, 3.63) is 34.6 Å². The third-order valence-electron chi connectivity index (χ3n) is 3.54. The topological polar surface area (TPSA) is 20.2 Å². The zero-order chi connectivity index (χ0) is 13.7. The molecule has 1 atom stereocenters. The van der Waals surface area contributed by atoms with Crippen LogP contribution in [0.1, 0.15) is 62.3 Å². The second-order valence-corrected chi connectivity index (χ2v) is 5.26. The van der Waals surface area contributed by atoms with Crippen molar-refractivity contribution < 1.29 is 9.50 Å². The van der Waals surface area contributed by atoms with Crippen LogP contribution in [-0.4, -0.2) is 5.11 Å². The largest absolute Gasteiger partial charge is 0.388 e. The van der Waals surface area contributed by atoms with Gasteiger partial charge >= 0.3 is 0 Å². The van der Waals surface area contributed by atoms with E-state index in [9.17, 15) is 9.50 Å². The summed E-state index contributed by atoms with van der Waals surface area (Å²) in [4.78, 5) is 0. The van der Waals surface area contributed by atoms with Crippen molar-refractivity contribution in [2.24, 2.45) is 5.92 Å². The number of halogens is 1. The van der Waals surface area contributed by atoms with Crippen LogP contribution in [0.25, 0.3) is 0 Å². The predicted molar refractivity (Wildman–Crippen MR) is 74.1 cm³/mol. The maximum atomic E-state index is 14.0. The number of aryl methyl sites for hydroxylation is 2. The van der Waals surface area contributed by atoms with E-state index in [1.54, 1.807) is 0 Å². The van der Waals surface area contributed by atoms with Gasteiger partial charge < -0.3 is 5.11 Å². The van der Waals surface area contributed by atoms with Crippen molar-refractivity contribution in [1.82, 2.24) is 0 Å². The van der Waals surface area contributed by atoms with Gasteiger partial charge in [0.05, 0.1) is 6.10 Å². The Kier molecular flexibility index (Phi) is 5.80. The van der Waals surface area contributed by atoms with Crippen LogP contribution in [0.4, 0.5) is 4.39 Å². The van der Waals surface area contributed by atoms with Crippen molar-refractivity contribution in [3.63, 3.8) is 0 Å².